The second-order valence-electron chi connectivity index (χ2n) is 6.27. The number of ether oxygens (including phenoxy) is 2. The fraction of sp³-hybridized carbons (Fsp3) is 0.667. The maximum atomic E-state index is 12.8. The molecule has 1 amide bonds. The van der Waals surface area contributed by atoms with E-state index in [1.807, 2.05) is 11.0 Å². The van der Waals surface area contributed by atoms with Gasteiger partial charge in [-0.25, -0.2) is 0 Å². The van der Waals surface area contributed by atoms with Gasteiger partial charge in [0.1, 0.15) is 17.3 Å². The van der Waals surface area contributed by atoms with Crippen LogP contribution in [0.1, 0.15) is 30.3 Å². The van der Waals surface area contributed by atoms with Crippen LogP contribution in [0.25, 0.3) is 0 Å². The molecule has 2 unspecified atom stereocenters. The van der Waals surface area contributed by atoms with Gasteiger partial charge in [0.2, 0.25) is 5.91 Å². The Kier molecular flexibility index (Phi) is 3.11. The highest BCUT2D eigenvalue weighted by molar-refractivity contribution is 7.10. The van der Waals surface area contributed by atoms with Gasteiger partial charge in [-0.05, 0) is 24.3 Å². The van der Waals surface area contributed by atoms with E-state index in [0.717, 1.165) is 19.3 Å². The Labute approximate surface area is 128 Å². The van der Waals surface area contributed by atoms with Crippen LogP contribution in [0.2, 0.25) is 0 Å². The molecule has 2 saturated heterocycles. The average Bonchev–Trinajstić information content (AvgIpc) is 2.88. The number of hydrogen-bond donors (Lipinski definition) is 1. The Morgan fingerprint density at radius 3 is 2.95 bits per heavy atom. The van der Waals surface area contributed by atoms with Crippen LogP contribution in [0.4, 0.5) is 0 Å². The molecule has 3 fully saturated rings. The molecule has 1 aromatic heterocycles. The zero-order valence-electron chi connectivity index (χ0n) is 12.1. The largest absolute Gasteiger partial charge is 0.378 e. The predicted molar refractivity (Wildman–Crippen MR) is 79.0 cm³/mol. The minimum Gasteiger partial charge on any atom is -0.378 e. The summed E-state index contributed by atoms with van der Waals surface area (Å²) in [5.41, 5.74) is -0.656. The summed E-state index contributed by atoms with van der Waals surface area (Å²) < 4.78 is 11.2. The molecule has 0 bridgehead atoms. The van der Waals surface area contributed by atoms with Gasteiger partial charge in [0.05, 0.1) is 13.2 Å². The maximum absolute atomic E-state index is 12.8. The average molecular weight is 308 g/mol. The predicted octanol–water partition coefficient (Wildman–Crippen LogP) is 1.52. The molecule has 6 heteroatoms. The molecule has 4 rings (SSSR count). The van der Waals surface area contributed by atoms with Gasteiger partial charge in [0, 0.05) is 25.0 Å². The zero-order valence-corrected chi connectivity index (χ0v) is 12.9. The minimum atomic E-state index is -0.354. The molecule has 21 heavy (non-hydrogen) atoms. The molecule has 1 saturated carbocycles. The van der Waals surface area contributed by atoms with Gasteiger partial charge in [0.15, 0.2) is 0 Å². The molecule has 5 nitrogen and oxygen atoms in total. The first-order valence-electron chi connectivity index (χ1n) is 7.43. The smallest absolute Gasteiger partial charge is 0.244 e. The number of nitrogens with one attached hydrogen (secondary N) is 1. The van der Waals surface area contributed by atoms with E-state index in [1.165, 1.54) is 4.88 Å². The number of methoxy groups -OCH3 is 1. The number of amides is 1. The molecule has 0 radical (unpaired) electrons. The van der Waals surface area contributed by atoms with Crippen LogP contribution in [0.15, 0.2) is 17.5 Å². The molecule has 1 aliphatic carbocycles. The normalized spacial score (nSPS) is 34.0. The topological polar surface area (TPSA) is 50.8 Å². The van der Waals surface area contributed by atoms with Crippen LogP contribution in [0, 0.1) is 0 Å². The van der Waals surface area contributed by atoms with Gasteiger partial charge in [-0.2, -0.15) is 0 Å². The first-order valence-corrected chi connectivity index (χ1v) is 8.31. The molecule has 3 aliphatic rings. The van der Waals surface area contributed by atoms with Crippen LogP contribution in [0.3, 0.4) is 0 Å². The Hall–Kier alpha value is -0.950. The quantitative estimate of drug-likeness (QED) is 0.916. The monoisotopic (exact) mass is 308 g/mol. The number of carbonyl (C=O) groups excluding carboxylic acids is 1. The van der Waals surface area contributed by atoms with Crippen molar-refractivity contribution in [3.05, 3.63) is 22.4 Å². The van der Waals surface area contributed by atoms with Crippen molar-refractivity contribution in [2.75, 3.05) is 26.9 Å². The minimum absolute atomic E-state index is 0.0207. The molecule has 114 valence electrons. The van der Waals surface area contributed by atoms with Gasteiger partial charge in [-0.1, -0.05) is 6.07 Å². The van der Waals surface area contributed by atoms with Crippen molar-refractivity contribution in [3.8, 4) is 0 Å². The highest BCUT2D eigenvalue weighted by Crippen LogP contribution is 2.47. The summed E-state index contributed by atoms with van der Waals surface area (Å²) in [6.45, 7) is 1.87. The Morgan fingerprint density at radius 1 is 1.52 bits per heavy atom. The highest BCUT2D eigenvalue weighted by Gasteiger charge is 2.60. The van der Waals surface area contributed by atoms with Crippen molar-refractivity contribution in [2.45, 2.75) is 36.6 Å². The summed E-state index contributed by atoms with van der Waals surface area (Å²) in [6.07, 6.45) is 2.71. The summed E-state index contributed by atoms with van der Waals surface area (Å²) in [4.78, 5) is 16.0. The van der Waals surface area contributed by atoms with E-state index >= 15 is 0 Å². The zero-order chi connectivity index (χ0) is 14.5. The van der Waals surface area contributed by atoms with E-state index in [4.69, 9.17) is 9.47 Å². The van der Waals surface area contributed by atoms with Crippen LogP contribution >= 0.6 is 11.3 Å². The summed E-state index contributed by atoms with van der Waals surface area (Å²) in [7, 11) is 1.72. The summed E-state index contributed by atoms with van der Waals surface area (Å²) in [6, 6.07) is 4.13. The molecular weight excluding hydrogens is 288 g/mol. The van der Waals surface area contributed by atoms with E-state index in [9.17, 15) is 4.79 Å². The van der Waals surface area contributed by atoms with Crippen LogP contribution in [-0.4, -0.2) is 48.8 Å². The highest BCUT2D eigenvalue weighted by atomic mass is 32.1. The van der Waals surface area contributed by atoms with Gasteiger partial charge >= 0.3 is 0 Å². The van der Waals surface area contributed by atoms with Gasteiger partial charge < -0.3 is 14.4 Å². The lowest BCUT2D eigenvalue weighted by Crippen LogP contribution is -2.47. The number of carbonyl (C=O) groups is 1. The molecule has 0 aromatic carbocycles. The molecule has 1 spiro atoms. The van der Waals surface area contributed by atoms with Crippen LogP contribution in [-0.2, 0) is 14.3 Å². The SMILES string of the molecule is COC1(CN2C(=O)C3(CC3)NC2c2cccs2)CCOC1. The van der Waals surface area contributed by atoms with E-state index < -0.39 is 0 Å². The Morgan fingerprint density at radius 2 is 2.38 bits per heavy atom. The van der Waals surface area contributed by atoms with Gasteiger partial charge in [0.25, 0.3) is 0 Å². The summed E-state index contributed by atoms with van der Waals surface area (Å²) in [5, 5.41) is 5.61. The third-order valence-electron chi connectivity index (χ3n) is 4.92. The first-order chi connectivity index (χ1) is 10.2. The van der Waals surface area contributed by atoms with Crippen LogP contribution in [0.5, 0.6) is 0 Å². The number of thiophene rings is 1. The second-order valence-corrected chi connectivity index (χ2v) is 7.25. The summed E-state index contributed by atoms with van der Waals surface area (Å²) >= 11 is 1.69. The molecule has 1 aromatic rings. The second kappa shape index (κ2) is 4.78. The number of rotatable bonds is 4. The van der Waals surface area contributed by atoms with E-state index in [1.54, 1.807) is 18.4 Å². The van der Waals surface area contributed by atoms with E-state index in [-0.39, 0.29) is 23.2 Å². The van der Waals surface area contributed by atoms with E-state index in [0.29, 0.717) is 19.8 Å². The fourth-order valence-corrected chi connectivity index (χ4v) is 4.15. The lowest BCUT2D eigenvalue weighted by Gasteiger charge is -2.33. The Balaban J connectivity index is 1.62. The molecule has 3 heterocycles. The third-order valence-corrected chi connectivity index (χ3v) is 5.84. The van der Waals surface area contributed by atoms with Crippen molar-refractivity contribution < 1.29 is 14.3 Å². The number of hydrogen-bond acceptors (Lipinski definition) is 5. The molecule has 2 aliphatic heterocycles. The van der Waals surface area contributed by atoms with Crippen molar-refractivity contribution in [1.82, 2.24) is 10.2 Å². The van der Waals surface area contributed by atoms with Crippen molar-refractivity contribution in [3.63, 3.8) is 0 Å². The van der Waals surface area contributed by atoms with Gasteiger partial charge in [-0.15, -0.1) is 11.3 Å². The van der Waals surface area contributed by atoms with Crippen molar-refractivity contribution in [2.24, 2.45) is 0 Å². The van der Waals surface area contributed by atoms with Gasteiger partial charge in [-0.3, -0.25) is 10.1 Å². The first kappa shape index (κ1) is 13.7. The lowest BCUT2D eigenvalue weighted by atomic mass is 10.0. The lowest BCUT2D eigenvalue weighted by molar-refractivity contribution is -0.135. The fourth-order valence-electron chi connectivity index (χ4n) is 3.36. The third kappa shape index (κ3) is 2.12. The van der Waals surface area contributed by atoms with E-state index in [2.05, 4.69) is 16.8 Å². The molecule has 2 atom stereocenters. The Bertz CT molecular complexity index is 535. The molecular formula is C15H20N2O3S. The standard InChI is InChI=1S/C15H20N2O3S/c1-19-14(6-7-20-10-14)9-17-12(11-3-2-8-21-11)16-15(4-5-15)13(17)18/h2-3,8,12,16H,4-7,9-10H2,1H3. The number of nitrogens with zero attached hydrogens (tertiary/aromatic N) is 1. The van der Waals surface area contributed by atoms with Crippen LogP contribution < -0.4 is 5.32 Å². The summed E-state index contributed by atoms with van der Waals surface area (Å²) in [5.74, 6) is 0.226. The molecule has 1 N–H and O–H groups in total. The van der Waals surface area contributed by atoms with Crippen molar-refractivity contribution >= 4 is 17.2 Å². The maximum Gasteiger partial charge on any atom is 0.244 e. The van der Waals surface area contributed by atoms with Crippen molar-refractivity contribution in [1.29, 1.82) is 0 Å².